The van der Waals surface area contributed by atoms with E-state index in [1.807, 2.05) is 31.2 Å². The van der Waals surface area contributed by atoms with Gasteiger partial charge in [-0.2, -0.15) is 0 Å². The molecule has 6 rings (SSSR count). The number of thiazole rings is 1. The number of aromatic nitrogens is 3. The van der Waals surface area contributed by atoms with Crippen LogP contribution >= 0.6 is 22.9 Å². The smallest absolute Gasteiger partial charge is 0.267 e. The van der Waals surface area contributed by atoms with Crippen LogP contribution in [0.4, 0.5) is 22.5 Å². The molecule has 0 saturated carbocycles. The molecular formula is C32H32ClN7O5S. The Morgan fingerprint density at radius 2 is 2.04 bits per heavy atom. The van der Waals surface area contributed by atoms with Crippen molar-refractivity contribution in [3.8, 4) is 22.8 Å². The summed E-state index contributed by atoms with van der Waals surface area (Å²) >= 11 is 7.46. The van der Waals surface area contributed by atoms with Crippen molar-refractivity contribution in [2.24, 2.45) is 0 Å². The zero-order valence-electron chi connectivity index (χ0n) is 25.4. The Labute approximate surface area is 275 Å². The summed E-state index contributed by atoms with van der Waals surface area (Å²) < 4.78 is 17.2. The number of amides is 2. The number of rotatable bonds is 9. The summed E-state index contributed by atoms with van der Waals surface area (Å²) in [6, 6.07) is 10.8. The number of nitrogens with zero attached hydrogens (tertiary/aromatic N) is 5. The van der Waals surface area contributed by atoms with Gasteiger partial charge in [-0.1, -0.05) is 41.6 Å². The summed E-state index contributed by atoms with van der Waals surface area (Å²) in [5, 5.41) is 6.97. The molecule has 0 spiro atoms. The third-order valence-corrected chi connectivity index (χ3v) is 9.02. The van der Waals surface area contributed by atoms with Crippen LogP contribution in [0.1, 0.15) is 15.2 Å². The number of nitrogens with one attached hydrogen (secondary N) is 2. The maximum absolute atomic E-state index is 13.0. The highest BCUT2D eigenvalue weighted by molar-refractivity contribution is 7.17. The number of pyridine rings is 2. The van der Waals surface area contributed by atoms with E-state index in [0.29, 0.717) is 75.9 Å². The minimum atomic E-state index is -0.320. The minimum absolute atomic E-state index is 0.0717. The van der Waals surface area contributed by atoms with Crippen LogP contribution in [0.3, 0.4) is 0 Å². The third kappa shape index (κ3) is 6.21. The summed E-state index contributed by atoms with van der Waals surface area (Å²) in [4.78, 5) is 43.7. The lowest BCUT2D eigenvalue weighted by molar-refractivity contribution is -0.127. The fourth-order valence-corrected chi connectivity index (χ4v) is 6.58. The lowest BCUT2D eigenvalue weighted by Crippen LogP contribution is -2.64. The Balaban J connectivity index is 1.22. The van der Waals surface area contributed by atoms with Crippen LogP contribution in [-0.2, 0) is 9.53 Å². The molecule has 1 aromatic carbocycles. The number of carbonyl (C=O) groups is 2. The van der Waals surface area contributed by atoms with E-state index in [1.54, 1.807) is 37.4 Å². The number of anilines is 4. The van der Waals surface area contributed by atoms with Crippen LogP contribution in [0.5, 0.6) is 11.5 Å². The molecule has 0 radical (unpaired) electrons. The molecule has 2 aliphatic rings. The fourth-order valence-electron chi connectivity index (χ4n) is 5.60. The number of benzene rings is 1. The van der Waals surface area contributed by atoms with Gasteiger partial charge in [-0.3, -0.25) is 9.59 Å². The monoisotopic (exact) mass is 661 g/mol. The van der Waals surface area contributed by atoms with Gasteiger partial charge in [0.1, 0.15) is 11.5 Å². The number of ether oxygens (including phenoxy) is 3. The highest BCUT2D eigenvalue weighted by Gasteiger charge is 2.41. The van der Waals surface area contributed by atoms with Gasteiger partial charge in [-0.05, 0) is 42.8 Å². The predicted molar refractivity (Wildman–Crippen MR) is 178 cm³/mol. The Kier molecular flexibility index (Phi) is 9.06. The van der Waals surface area contributed by atoms with Crippen molar-refractivity contribution >= 4 is 57.2 Å². The first-order chi connectivity index (χ1) is 22.3. The number of carbonyl (C=O) groups excluding carboxylic acids is 2. The first-order valence-electron chi connectivity index (χ1n) is 14.5. The van der Waals surface area contributed by atoms with E-state index in [9.17, 15) is 9.59 Å². The summed E-state index contributed by atoms with van der Waals surface area (Å²) in [5.41, 5.74) is 2.78. The van der Waals surface area contributed by atoms with Gasteiger partial charge in [0.25, 0.3) is 5.91 Å². The maximum atomic E-state index is 13.0. The molecule has 2 unspecified atom stereocenters. The van der Waals surface area contributed by atoms with Crippen molar-refractivity contribution in [3.63, 3.8) is 0 Å². The number of fused-ring (bicyclic) bond motifs is 3. The average molecular weight is 662 g/mol. The highest BCUT2D eigenvalue weighted by Crippen LogP contribution is 2.39. The van der Waals surface area contributed by atoms with E-state index in [1.165, 1.54) is 23.6 Å². The number of hydrogen-bond acceptors (Lipinski definition) is 11. The fraction of sp³-hybridized carbons (Fsp3) is 0.281. The lowest BCUT2D eigenvalue weighted by atomic mass is 10.0. The SMILES string of the molecule is C=CC(=O)N1CC(COC)N2c3ncc(-c4ccc(OC)c(Nc5ncc(C(=O)Nc6c(C)cccc6Cl)s5)n4)cc3OCC2C1. The molecular weight excluding hydrogens is 630 g/mol. The van der Waals surface area contributed by atoms with Crippen molar-refractivity contribution in [3.05, 3.63) is 76.9 Å². The number of hydrogen-bond donors (Lipinski definition) is 2. The van der Waals surface area contributed by atoms with Gasteiger partial charge in [0.15, 0.2) is 28.3 Å². The molecule has 46 heavy (non-hydrogen) atoms. The molecule has 14 heteroatoms. The van der Waals surface area contributed by atoms with E-state index >= 15 is 0 Å². The predicted octanol–water partition coefficient (Wildman–Crippen LogP) is 5.18. The zero-order chi connectivity index (χ0) is 32.4. The van der Waals surface area contributed by atoms with Gasteiger partial charge in [0, 0.05) is 32.0 Å². The standard InChI is InChI=1S/C32H32ClN7O5S/c1-5-27(41)39-14-20(16-43-3)40-21(15-39)17-45-25-11-19(12-34-30(25)40)23-9-10-24(44-4)29(36-23)38-32-35-13-26(46-32)31(42)37-28-18(2)7-6-8-22(28)33/h5-13,20-21H,1,14-17H2,2-4H3,(H,37,42)(H,35,36,38). The molecule has 4 aromatic rings. The van der Waals surface area contributed by atoms with E-state index in [-0.39, 0.29) is 23.9 Å². The molecule has 1 saturated heterocycles. The summed E-state index contributed by atoms with van der Waals surface area (Å²) in [6.07, 6.45) is 4.57. The molecule has 5 heterocycles. The summed E-state index contributed by atoms with van der Waals surface area (Å²) in [6.45, 7) is 7.32. The van der Waals surface area contributed by atoms with Gasteiger partial charge in [0.05, 0.1) is 48.4 Å². The second kappa shape index (κ2) is 13.3. The number of halogens is 1. The van der Waals surface area contributed by atoms with Crippen LogP contribution in [0.25, 0.3) is 11.3 Å². The Morgan fingerprint density at radius 1 is 1.20 bits per heavy atom. The highest BCUT2D eigenvalue weighted by atomic mass is 35.5. The molecule has 2 aliphatic heterocycles. The van der Waals surface area contributed by atoms with E-state index < -0.39 is 0 Å². The Bertz CT molecular complexity index is 1780. The molecule has 238 valence electrons. The lowest BCUT2D eigenvalue weighted by Gasteiger charge is -2.49. The third-order valence-electron chi connectivity index (χ3n) is 7.79. The Hall–Kier alpha value is -4.72. The maximum Gasteiger partial charge on any atom is 0.267 e. The van der Waals surface area contributed by atoms with Crippen molar-refractivity contribution in [2.45, 2.75) is 19.0 Å². The normalized spacial score (nSPS) is 17.0. The average Bonchev–Trinajstić information content (AvgIpc) is 3.54. The topological polar surface area (TPSA) is 131 Å². The van der Waals surface area contributed by atoms with Crippen LogP contribution in [0.15, 0.2) is 61.4 Å². The Morgan fingerprint density at radius 3 is 2.80 bits per heavy atom. The second-order valence-electron chi connectivity index (χ2n) is 10.8. The van der Waals surface area contributed by atoms with Gasteiger partial charge in [0.2, 0.25) is 5.91 Å². The van der Waals surface area contributed by atoms with Gasteiger partial charge < -0.3 is 34.6 Å². The first kappa shape index (κ1) is 31.3. The molecule has 1 fully saturated rings. The minimum Gasteiger partial charge on any atom is -0.493 e. The molecule has 0 bridgehead atoms. The van der Waals surface area contributed by atoms with Crippen molar-refractivity contribution in [2.75, 3.05) is 56.1 Å². The van der Waals surface area contributed by atoms with E-state index in [4.69, 9.17) is 35.8 Å². The first-order valence-corrected chi connectivity index (χ1v) is 15.6. The van der Waals surface area contributed by atoms with Crippen LogP contribution in [0.2, 0.25) is 5.02 Å². The quantitative estimate of drug-likeness (QED) is 0.232. The van der Waals surface area contributed by atoms with E-state index in [2.05, 4.69) is 27.1 Å². The number of methoxy groups -OCH3 is 2. The summed E-state index contributed by atoms with van der Waals surface area (Å²) in [5.74, 6) is 1.80. The number of aryl methyl sites for hydroxylation is 1. The van der Waals surface area contributed by atoms with Crippen molar-refractivity contribution in [1.29, 1.82) is 0 Å². The zero-order valence-corrected chi connectivity index (χ0v) is 27.0. The van der Waals surface area contributed by atoms with Crippen LogP contribution in [-0.4, -0.2) is 84.3 Å². The molecule has 2 N–H and O–H groups in total. The van der Waals surface area contributed by atoms with Gasteiger partial charge >= 0.3 is 0 Å². The molecule has 2 atom stereocenters. The number of piperazine rings is 1. The molecule has 2 amide bonds. The van der Waals surface area contributed by atoms with Crippen molar-refractivity contribution in [1.82, 2.24) is 19.9 Å². The second-order valence-corrected chi connectivity index (χ2v) is 12.2. The van der Waals surface area contributed by atoms with E-state index in [0.717, 1.165) is 11.1 Å². The largest absolute Gasteiger partial charge is 0.493 e. The van der Waals surface area contributed by atoms with Crippen molar-refractivity contribution < 1.29 is 23.8 Å². The van der Waals surface area contributed by atoms with Crippen LogP contribution < -0.4 is 25.0 Å². The van der Waals surface area contributed by atoms with Gasteiger partial charge in [-0.25, -0.2) is 15.0 Å². The van der Waals surface area contributed by atoms with Gasteiger partial charge in [-0.15, -0.1) is 0 Å². The summed E-state index contributed by atoms with van der Waals surface area (Å²) in [7, 11) is 3.20. The molecule has 12 nitrogen and oxygen atoms in total. The molecule has 3 aromatic heterocycles. The molecule has 0 aliphatic carbocycles. The van der Waals surface area contributed by atoms with Crippen LogP contribution in [0, 0.1) is 6.92 Å². The number of para-hydroxylation sites is 1.